The first-order chi connectivity index (χ1) is 12.5. The summed E-state index contributed by atoms with van der Waals surface area (Å²) in [6, 6.07) is 6.83. The van der Waals surface area contributed by atoms with E-state index in [-0.39, 0.29) is 18.0 Å². The lowest BCUT2D eigenvalue weighted by molar-refractivity contribution is -0.124. The van der Waals surface area contributed by atoms with Crippen LogP contribution in [0.3, 0.4) is 0 Å². The van der Waals surface area contributed by atoms with Crippen molar-refractivity contribution in [2.75, 3.05) is 24.3 Å². The lowest BCUT2D eigenvalue weighted by Gasteiger charge is -2.17. The van der Waals surface area contributed by atoms with Gasteiger partial charge in [-0.05, 0) is 44.0 Å². The number of aromatic nitrogens is 1. The van der Waals surface area contributed by atoms with E-state index in [4.69, 9.17) is 4.74 Å². The highest BCUT2D eigenvalue weighted by atomic mass is 32.1. The van der Waals surface area contributed by atoms with Crippen molar-refractivity contribution >= 4 is 34.6 Å². The fraction of sp³-hybridized carbons (Fsp3) is 0.389. The van der Waals surface area contributed by atoms with Crippen LogP contribution in [0.1, 0.15) is 22.7 Å². The minimum atomic E-state index is -0.363. The molecule has 2 aromatic rings. The van der Waals surface area contributed by atoms with Crippen molar-refractivity contribution in [3.8, 4) is 0 Å². The van der Waals surface area contributed by atoms with Gasteiger partial charge in [0.15, 0.2) is 0 Å². The summed E-state index contributed by atoms with van der Waals surface area (Å²) >= 11 is 1.57. The average molecular weight is 374 g/mol. The molecule has 3 rings (SSSR count). The van der Waals surface area contributed by atoms with Gasteiger partial charge in [-0.3, -0.25) is 4.79 Å². The Balaban J connectivity index is 1.51. The average Bonchev–Trinajstić information content (AvgIpc) is 3.28. The quantitative estimate of drug-likeness (QED) is 0.842. The molecule has 1 fully saturated rings. The zero-order valence-corrected chi connectivity index (χ0v) is 15.6. The molecule has 1 aromatic carbocycles. The van der Waals surface area contributed by atoms with Crippen LogP contribution in [0.5, 0.6) is 0 Å². The molecule has 7 nitrogen and oxygen atoms in total. The van der Waals surface area contributed by atoms with Crippen LogP contribution in [0.25, 0.3) is 0 Å². The minimum absolute atomic E-state index is 0.126. The zero-order chi connectivity index (χ0) is 18.5. The molecule has 2 heterocycles. The van der Waals surface area contributed by atoms with Gasteiger partial charge >= 0.3 is 6.03 Å². The maximum absolute atomic E-state index is 12.3. The number of hydrogen-bond donors (Lipinski definition) is 2. The van der Waals surface area contributed by atoms with Crippen LogP contribution in [-0.4, -0.2) is 41.6 Å². The van der Waals surface area contributed by atoms with Gasteiger partial charge in [0.25, 0.3) is 5.91 Å². The van der Waals surface area contributed by atoms with E-state index in [0.717, 1.165) is 22.7 Å². The van der Waals surface area contributed by atoms with Gasteiger partial charge in [-0.2, -0.15) is 0 Å². The number of benzene rings is 1. The van der Waals surface area contributed by atoms with E-state index in [2.05, 4.69) is 15.6 Å². The van der Waals surface area contributed by atoms with E-state index >= 15 is 0 Å². The number of urea groups is 1. The summed E-state index contributed by atoms with van der Waals surface area (Å²) in [6.45, 7) is 3.08. The monoisotopic (exact) mass is 374 g/mol. The number of thiazole rings is 1. The second-order valence-corrected chi connectivity index (χ2v) is 7.52. The number of nitrogens with one attached hydrogen (secondary N) is 2. The van der Waals surface area contributed by atoms with Crippen LogP contribution in [0.2, 0.25) is 0 Å². The third-order valence-corrected chi connectivity index (χ3v) is 4.93. The van der Waals surface area contributed by atoms with E-state index in [9.17, 15) is 9.59 Å². The number of nitrogens with zero attached hydrogens (tertiary/aromatic N) is 2. The number of rotatable bonds is 5. The van der Waals surface area contributed by atoms with Gasteiger partial charge in [0, 0.05) is 36.1 Å². The summed E-state index contributed by atoms with van der Waals surface area (Å²) in [5.41, 5.74) is 1.34. The highest BCUT2D eigenvalue weighted by Crippen LogP contribution is 2.18. The van der Waals surface area contributed by atoms with Crippen molar-refractivity contribution in [2.24, 2.45) is 0 Å². The Kier molecular flexibility index (Phi) is 5.85. The second kappa shape index (κ2) is 8.29. The molecule has 26 heavy (non-hydrogen) atoms. The molecular formula is C18H22N4O3S. The number of anilines is 2. The number of ether oxygens (including phenoxy) is 1. The molecule has 138 valence electrons. The van der Waals surface area contributed by atoms with Crippen LogP contribution < -0.4 is 10.6 Å². The molecule has 0 bridgehead atoms. The van der Waals surface area contributed by atoms with E-state index in [1.807, 2.05) is 6.92 Å². The Morgan fingerprint density at radius 2 is 1.96 bits per heavy atom. The number of hydrogen-bond acceptors (Lipinski definition) is 5. The Labute approximate surface area is 156 Å². The van der Waals surface area contributed by atoms with Crippen LogP contribution in [0.4, 0.5) is 16.2 Å². The summed E-state index contributed by atoms with van der Waals surface area (Å²) < 4.78 is 5.36. The fourth-order valence-corrected chi connectivity index (χ4v) is 3.50. The van der Waals surface area contributed by atoms with Crippen molar-refractivity contribution < 1.29 is 14.3 Å². The standard InChI is InChI=1S/C18H22N4O3S/c1-12-19-10-15(26-12)11-22(2)18(24)21-14-7-5-13(6-8-14)20-17(23)16-4-3-9-25-16/h5-8,10,16H,3-4,9,11H2,1-2H3,(H,20,23)(H,21,24)/t16-/m1/s1. The first-order valence-corrected chi connectivity index (χ1v) is 9.29. The maximum atomic E-state index is 12.3. The van der Waals surface area contributed by atoms with Gasteiger partial charge in [-0.1, -0.05) is 0 Å². The van der Waals surface area contributed by atoms with Gasteiger partial charge in [0.2, 0.25) is 0 Å². The SMILES string of the molecule is Cc1ncc(CN(C)C(=O)Nc2ccc(NC(=O)[C@H]3CCCO3)cc2)s1. The number of aryl methyl sites for hydroxylation is 1. The summed E-state index contributed by atoms with van der Waals surface area (Å²) in [5.74, 6) is -0.126. The molecular weight excluding hydrogens is 352 g/mol. The fourth-order valence-electron chi connectivity index (χ4n) is 2.65. The second-order valence-electron chi connectivity index (χ2n) is 6.20. The van der Waals surface area contributed by atoms with E-state index in [0.29, 0.717) is 24.5 Å². The molecule has 0 radical (unpaired) electrons. The van der Waals surface area contributed by atoms with E-state index in [1.54, 1.807) is 53.7 Å². The molecule has 1 aromatic heterocycles. The molecule has 8 heteroatoms. The van der Waals surface area contributed by atoms with Crippen molar-refractivity contribution in [2.45, 2.75) is 32.4 Å². The van der Waals surface area contributed by atoms with Gasteiger partial charge in [0.05, 0.1) is 11.6 Å². The van der Waals surface area contributed by atoms with Crippen LogP contribution in [-0.2, 0) is 16.1 Å². The molecule has 0 spiro atoms. The Hall–Kier alpha value is -2.45. The highest BCUT2D eigenvalue weighted by molar-refractivity contribution is 7.11. The number of amides is 3. The first-order valence-electron chi connectivity index (χ1n) is 8.47. The van der Waals surface area contributed by atoms with Gasteiger partial charge < -0.3 is 20.3 Å². The van der Waals surface area contributed by atoms with Gasteiger partial charge in [0.1, 0.15) is 6.10 Å². The predicted octanol–water partition coefficient (Wildman–Crippen LogP) is 3.23. The van der Waals surface area contributed by atoms with E-state index < -0.39 is 0 Å². The minimum Gasteiger partial charge on any atom is -0.368 e. The van der Waals surface area contributed by atoms with Crippen molar-refractivity contribution in [3.05, 3.63) is 40.3 Å². The van der Waals surface area contributed by atoms with Crippen molar-refractivity contribution in [3.63, 3.8) is 0 Å². The van der Waals surface area contributed by atoms with Crippen molar-refractivity contribution in [1.29, 1.82) is 0 Å². The molecule has 0 saturated carbocycles. The lowest BCUT2D eigenvalue weighted by atomic mass is 10.2. The number of carbonyl (C=O) groups excluding carboxylic acids is 2. The molecule has 1 aliphatic heterocycles. The largest absolute Gasteiger partial charge is 0.368 e. The van der Waals surface area contributed by atoms with E-state index in [1.165, 1.54) is 0 Å². The third kappa shape index (κ3) is 4.80. The smallest absolute Gasteiger partial charge is 0.321 e. The molecule has 0 aliphatic carbocycles. The third-order valence-electron chi connectivity index (χ3n) is 4.03. The molecule has 3 amide bonds. The first kappa shape index (κ1) is 18.3. The van der Waals surface area contributed by atoms with Gasteiger partial charge in [-0.25, -0.2) is 9.78 Å². The summed E-state index contributed by atoms with van der Waals surface area (Å²) in [7, 11) is 1.74. The summed E-state index contributed by atoms with van der Waals surface area (Å²) in [4.78, 5) is 31.1. The summed E-state index contributed by atoms with van der Waals surface area (Å²) in [6.07, 6.45) is 3.09. The van der Waals surface area contributed by atoms with Crippen LogP contribution in [0.15, 0.2) is 30.5 Å². The van der Waals surface area contributed by atoms with Gasteiger partial charge in [-0.15, -0.1) is 11.3 Å². The Morgan fingerprint density at radius 3 is 2.54 bits per heavy atom. The molecule has 2 N–H and O–H groups in total. The molecule has 0 unspecified atom stereocenters. The van der Waals surface area contributed by atoms with Crippen LogP contribution >= 0.6 is 11.3 Å². The Bertz CT molecular complexity index is 769. The molecule has 1 aliphatic rings. The topological polar surface area (TPSA) is 83.6 Å². The normalized spacial score (nSPS) is 16.3. The molecule has 1 atom stereocenters. The summed E-state index contributed by atoms with van der Waals surface area (Å²) in [5, 5.41) is 6.65. The lowest BCUT2D eigenvalue weighted by Crippen LogP contribution is -2.30. The number of carbonyl (C=O) groups is 2. The highest BCUT2D eigenvalue weighted by Gasteiger charge is 2.23. The zero-order valence-electron chi connectivity index (χ0n) is 14.8. The maximum Gasteiger partial charge on any atom is 0.321 e. The Morgan fingerprint density at radius 1 is 1.27 bits per heavy atom. The van der Waals surface area contributed by atoms with Crippen molar-refractivity contribution in [1.82, 2.24) is 9.88 Å². The molecule has 1 saturated heterocycles. The predicted molar refractivity (Wildman–Crippen MR) is 101 cm³/mol. The van der Waals surface area contributed by atoms with Crippen LogP contribution in [0, 0.1) is 6.92 Å².